The summed E-state index contributed by atoms with van der Waals surface area (Å²) in [6.45, 7) is 0. The molecule has 0 unspecified atom stereocenters. The Kier molecular flexibility index (Phi) is 3.95. The van der Waals surface area contributed by atoms with Gasteiger partial charge in [-0.2, -0.15) is 0 Å². The second kappa shape index (κ2) is 6.29. The number of carbonyl (C=O) groups is 1. The molecule has 1 aliphatic carbocycles. The number of hydrogen-bond acceptors (Lipinski definition) is 5. The van der Waals surface area contributed by atoms with Crippen molar-refractivity contribution in [2.24, 2.45) is 5.92 Å². The van der Waals surface area contributed by atoms with Gasteiger partial charge in [-0.1, -0.05) is 24.3 Å². The minimum absolute atomic E-state index is 0.0219. The number of anilines is 1. The number of ether oxygens (including phenoxy) is 1. The predicted octanol–water partition coefficient (Wildman–Crippen LogP) is 4.21. The number of nitro benzene ring substituents is 1. The van der Waals surface area contributed by atoms with Gasteiger partial charge in [0.1, 0.15) is 0 Å². The molecule has 2 aromatic rings. The summed E-state index contributed by atoms with van der Waals surface area (Å²) >= 11 is 0. The zero-order valence-electron chi connectivity index (χ0n) is 14.2. The Morgan fingerprint density at radius 2 is 2.12 bits per heavy atom. The lowest BCUT2D eigenvalue weighted by Crippen LogP contribution is -2.29. The molecule has 2 aromatic carbocycles. The topological polar surface area (TPSA) is 81.5 Å². The van der Waals surface area contributed by atoms with Crippen LogP contribution < -0.4 is 5.32 Å². The van der Waals surface area contributed by atoms with Gasteiger partial charge in [0.15, 0.2) is 0 Å². The molecule has 3 atom stereocenters. The molecule has 1 aliphatic heterocycles. The van der Waals surface area contributed by atoms with Gasteiger partial charge in [0.2, 0.25) is 0 Å². The van der Waals surface area contributed by atoms with E-state index >= 15 is 0 Å². The molecule has 0 fully saturated rings. The van der Waals surface area contributed by atoms with E-state index in [-0.39, 0.29) is 34.5 Å². The maximum Gasteiger partial charge on any atom is 0.337 e. The summed E-state index contributed by atoms with van der Waals surface area (Å²) in [4.78, 5) is 22.6. The van der Waals surface area contributed by atoms with E-state index in [2.05, 4.69) is 17.5 Å². The quantitative estimate of drug-likeness (QED) is 0.388. The fourth-order valence-electron chi connectivity index (χ4n) is 4.00. The number of carbonyl (C=O) groups excluding carboxylic acids is 1. The lowest BCUT2D eigenvalue weighted by Gasteiger charge is -2.37. The Bertz CT molecular complexity index is 922. The monoisotopic (exact) mass is 350 g/mol. The van der Waals surface area contributed by atoms with Crippen molar-refractivity contribution in [3.05, 3.63) is 81.4 Å². The molecule has 0 saturated heterocycles. The molecular formula is C20H18N2O4. The second-order valence-corrected chi connectivity index (χ2v) is 6.62. The molecule has 0 radical (unpaired) electrons. The largest absolute Gasteiger partial charge is 0.465 e. The number of hydrogen-bond donors (Lipinski definition) is 1. The zero-order chi connectivity index (χ0) is 18.3. The van der Waals surface area contributed by atoms with Crippen molar-refractivity contribution in [2.45, 2.75) is 18.4 Å². The Balaban J connectivity index is 1.75. The molecule has 26 heavy (non-hydrogen) atoms. The maximum atomic E-state index is 11.9. The Morgan fingerprint density at radius 1 is 1.27 bits per heavy atom. The molecule has 6 nitrogen and oxygen atoms in total. The van der Waals surface area contributed by atoms with Crippen LogP contribution in [-0.4, -0.2) is 18.0 Å². The molecule has 0 bridgehead atoms. The highest BCUT2D eigenvalue weighted by Crippen LogP contribution is 2.50. The van der Waals surface area contributed by atoms with Crippen LogP contribution in [0.4, 0.5) is 11.4 Å². The smallest absolute Gasteiger partial charge is 0.337 e. The molecule has 1 N–H and O–H groups in total. The van der Waals surface area contributed by atoms with Gasteiger partial charge < -0.3 is 10.1 Å². The average molecular weight is 350 g/mol. The van der Waals surface area contributed by atoms with Crippen molar-refractivity contribution in [3.63, 3.8) is 0 Å². The van der Waals surface area contributed by atoms with E-state index in [0.29, 0.717) is 5.56 Å². The van der Waals surface area contributed by atoms with Crippen molar-refractivity contribution >= 4 is 17.3 Å². The number of nitrogens with one attached hydrogen (secondary N) is 1. The Morgan fingerprint density at radius 3 is 2.88 bits per heavy atom. The van der Waals surface area contributed by atoms with Crippen molar-refractivity contribution in [3.8, 4) is 0 Å². The molecule has 1 heterocycles. The van der Waals surface area contributed by atoms with E-state index in [1.165, 1.54) is 13.2 Å². The van der Waals surface area contributed by atoms with Crippen molar-refractivity contribution in [1.29, 1.82) is 0 Å². The number of allylic oxidation sites excluding steroid dienone is 2. The van der Waals surface area contributed by atoms with Crippen LogP contribution in [0.25, 0.3) is 0 Å². The third kappa shape index (κ3) is 2.63. The van der Waals surface area contributed by atoms with Crippen LogP contribution in [0.2, 0.25) is 0 Å². The normalized spacial score (nSPS) is 22.9. The first-order valence-corrected chi connectivity index (χ1v) is 8.48. The van der Waals surface area contributed by atoms with Gasteiger partial charge >= 0.3 is 5.97 Å². The molecule has 132 valence electrons. The summed E-state index contributed by atoms with van der Waals surface area (Å²) in [5.41, 5.74) is 3.54. The van der Waals surface area contributed by atoms with E-state index in [1.54, 1.807) is 18.2 Å². The first-order chi connectivity index (χ1) is 12.6. The number of fused-ring (bicyclic) bond motifs is 3. The number of methoxy groups -OCH3 is 1. The highest BCUT2D eigenvalue weighted by molar-refractivity contribution is 5.90. The fraction of sp³-hybridized carbons (Fsp3) is 0.250. The van der Waals surface area contributed by atoms with Crippen LogP contribution in [-0.2, 0) is 4.74 Å². The minimum Gasteiger partial charge on any atom is -0.465 e. The molecule has 2 aliphatic rings. The van der Waals surface area contributed by atoms with Gasteiger partial charge in [0.25, 0.3) is 5.69 Å². The van der Waals surface area contributed by atoms with E-state index in [4.69, 9.17) is 4.74 Å². The third-order valence-corrected chi connectivity index (χ3v) is 5.22. The molecule has 4 rings (SSSR count). The lowest BCUT2D eigenvalue weighted by atomic mass is 9.76. The standard InChI is InChI=1S/C20H18N2O4/c1-26-20(23)13-8-9-18-17(11-13)15-6-3-7-16(15)19(21-18)12-4-2-5-14(10-12)22(24)25/h2-6,8-11,15-16,19,21H,7H2,1H3/t15-,16+,19-/m0/s1. The van der Waals surface area contributed by atoms with E-state index in [0.717, 1.165) is 23.2 Å². The Hall–Kier alpha value is -3.15. The summed E-state index contributed by atoms with van der Waals surface area (Å²) in [5, 5.41) is 14.6. The third-order valence-electron chi connectivity index (χ3n) is 5.22. The molecule has 6 heteroatoms. The van der Waals surface area contributed by atoms with Crippen molar-refractivity contribution < 1.29 is 14.5 Å². The minimum atomic E-state index is -0.368. The van der Waals surface area contributed by atoms with E-state index in [1.807, 2.05) is 18.2 Å². The van der Waals surface area contributed by atoms with Crippen LogP contribution in [0.15, 0.2) is 54.6 Å². The fourth-order valence-corrected chi connectivity index (χ4v) is 4.00. The van der Waals surface area contributed by atoms with Gasteiger partial charge in [-0.3, -0.25) is 10.1 Å². The molecular weight excluding hydrogens is 332 g/mol. The number of non-ortho nitro benzene ring substituents is 1. The first kappa shape index (κ1) is 16.3. The van der Waals surface area contributed by atoms with Gasteiger partial charge in [-0.25, -0.2) is 4.79 Å². The van der Waals surface area contributed by atoms with Crippen LogP contribution >= 0.6 is 0 Å². The van der Waals surface area contributed by atoms with Gasteiger partial charge in [-0.15, -0.1) is 0 Å². The second-order valence-electron chi connectivity index (χ2n) is 6.62. The summed E-state index contributed by atoms with van der Waals surface area (Å²) in [7, 11) is 1.37. The lowest BCUT2D eigenvalue weighted by molar-refractivity contribution is -0.384. The maximum absolute atomic E-state index is 11.9. The summed E-state index contributed by atoms with van der Waals surface area (Å²) in [6.07, 6.45) is 5.18. The predicted molar refractivity (Wildman–Crippen MR) is 97.2 cm³/mol. The zero-order valence-corrected chi connectivity index (χ0v) is 14.2. The van der Waals surface area contributed by atoms with Gasteiger partial charge in [0, 0.05) is 23.7 Å². The van der Waals surface area contributed by atoms with Crippen molar-refractivity contribution in [1.82, 2.24) is 0 Å². The van der Waals surface area contributed by atoms with Gasteiger partial charge in [0.05, 0.1) is 23.6 Å². The van der Waals surface area contributed by atoms with Gasteiger partial charge in [-0.05, 0) is 41.7 Å². The summed E-state index contributed by atoms with van der Waals surface area (Å²) < 4.78 is 4.82. The SMILES string of the molecule is COC(=O)c1ccc2c(c1)[C@H]1C=CC[C@H]1[C@H](c1cccc([N+](=O)[O-])c1)N2. The average Bonchev–Trinajstić information content (AvgIpc) is 3.16. The number of esters is 1. The molecule has 0 saturated carbocycles. The number of benzene rings is 2. The van der Waals surface area contributed by atoms with Crippen LogP contribution in [0, 0.1) is 16.0 Å². The molecule has 0 amide bonds. The summed E-state index contributed by atoms with van der Waals surface area (Å²) in [6, 6.07) is 12.3. The number of nitro groups is 1. The highest BCUT2D eigenvalue weighted by atomic mass is 16.6. The molecule has 0 aromatic heterocycles. The van der Waals surface area contributed by atoms with Crippen LogP contribution in [0.1, 0.15) is 39.9 Å². The Labute approximate surface area is 150 Å². The first-order valence-electron chi connectivity index (χ1n) is 8.48. The summed E-state index contributed by atoms with van der Waals surface area (Å²) in [5.74, 6) is 0.0599. The van der Waals surface area contributed by atoms with Crippen molar-refractivity contribution in [2.75, 3.05) is 12.4 Å². The van der Waals surface area contributed by atoms with Crippen LogP contribution in [0.5, 0.6) is 0 Å². The molecule has 0 spiro atoms. The number of rotatable bonds is 3. The van der Waals surface area contributed by atoms with Crippen LogP contribution in [0.3, 0.4) is 0 Å². The number of nitrogens with zero attached hydrogens (tertiary/aromatic N) is 1. The van der Waals surface area contributed by atoms with E-state index in [9.17, 15) is 14.9 Å². The highest BCUT2D eigenvalue weighted by Gasteiger charge is 2.38. The van der Waals surface area contributed by atoms with E-state index < -0.39 is 0 Å².